The molecule has 18 heavy (non-hydrogen) atoms. The molecule has 0 radical (unpaired) electrons. The number of fused-ring (bicyclic) bond motifs is 2. The lowest BCUT2D eigenvalue weighted by Gasteiger charge is -2.20. The first kappa shape index (κ1) is 11.8. The molecule has 0 aliphatic heterocycles. The molecule has 1 N–H and O–H groups in total. The Morgan fingerprint density at radius 3 is 2.67 bits per heavy atom. The Morgan fingerprint density at radius 2 is 2.00 bits per heavy atom. The van der Waals surface area contributed by atoms with E-state index in [1.54, 1.807) is 0 Å². The van der Waals surface area contributed by atoms with Crippen LogP contribution in [0.1, 0.15) is 37.7 Å². The van der Waals surface area contributed by atoms with Crippen LogP contribution in [0.3, 0.4) is 0 Å². The fourth-order valence-corrected chi connectivity index (χ4v) is 3.73. The predicted octanol–water partition coefficient (Wildman–Crippen LogP) is 3.13. The molecule has 2 heteroatoms. The van der Waals surface area contributed by atoms with Gasteiger partial charge in [-0.05, 0) is 42.6 Å². The van der Waals surface area contributed by atoms with Gasteiger partial charge in [-0.15, -0.1) is 0 Å². The van der Waals surface area contributed by atoms with Gasteiger partial charge < -0.3 is 5.32 Å². The minimum atomic E-state index is 0.233. The van der Waals surface area contributed by atoms with Crippen molar-refractivity contribution in [2.45, 2.75) is 38.6 Å². The second kappa shape index (κ2) is 5.13. The molecule has 0 spiro atoms. The van der Waals surface area contributed by atoms with Crippen molar-refractivity contribution in [3.63, 3.8) is 0 Å². The lowest BCUT2D eigenvalue weighted by atomic mass is 9.86. The molecule has 1 aromatic rings. The average Bonchev–Trinajstić information content (AvgIpc) is 3.00. The first-order valence-electron chi connectivity index (χ1n) is 7.12. The smallest absolute Gasteiger partial charge is 0.220 e. The molecule has 3 rings (SSSR count). The van der Waals surface area contributed by atoms with Crippen molar-refractivity contribution in [2.75, 3.05) is 0 Å². The van der Waals surface area contributed by atoms with E-state index in [0.717, 1.165) is 18.3 Å². The van der Waals surface area contributed by atoms with Crippen LogP contribution in [0.5, 0.6) is 0 Å². The minimum Gasteiger partial charge on any atom is -0.352 e. The van der Waals surface area contributed by atoms with Gasteiger partial charge in [0.2, 0.25) is 5.91 Å². The highest BCUT2D eigenvalue weighted by Crippen LogP contribution is 2.49. The summed E-state index contributed by atoms with van der Waals surface area (Å²) < 4.78 is 0. The van der Waals surface area contributed by atoms with Gasteiger partial charge in [-0.3, -0.25) is 4.79 Å². The zero-order chi connectivity index (χ0) is 12.4. The standard InChI is InChI=1S/C16H21NO/c18-16(17-11-12-4-2-1-3-5-12)10-15-9-13-6-7-14(15)8-13/h1-5,13-15H,6-11H2,(H,17,18)/t13-,14+,15-/m0/s1. The van der Waals surface area contributed by atoms with Crippen LogP contribution in [0.15, 0.2) is 30.3 Å². The van der Waals surface area contributed by atoms with E-state index < -0.39 is 0 Å². The SMILES string of the molecule is O=C(C[C@@H]1C[C@H]2CC[C@@H]1C2)NCc1ccccc1. The molecule has 2 saturated carbocycles. The second-order valence-corrected chi connectivity index (χ2v) is 5.90. The molecule has 96 valence electrons. The monoisotopic (exact) mass is 243 g/mol. The molecular formula is C16H21NO. The third-order valence-corrected chi connectivity index (χ3v) is 4.66. The van der Waals surface area contributed by atoms with Crippen LogP contribution >= 0.6 is 0 Å². The van der Waals surface area contributed by atoms with Crippen LogP contribution in [0, 0.1) is 17.8 Å². The Hall–Kier alpha value is -1.31. The number of carbonyl (C=O) groups excluding carboxylic acids is 1. The topological polar surface area (TPSA) is 29.1 Å². The lowest BCUT2D eigenvalue weighted by Crippen LogP contribution is -2.26. The summed E-state index contributed by atoms with van der Waals surface area (Å²) in [5, 5.41) is 3.05. The van der Waals surface area contributed by atoms with Crippen molar-refractivity contribution in [3.05, 3.63) is 35.9 Å². The van der Waals surface area contributed by atoms with E-state index in [1.807, 2.05) is 18.2 Å². The molecule has 3 atom stereocenters. The average molecular weight is 243 g/mol. The summed E-state index contributed by atoms with van der Waals surface area (Å²) in [6, 6.07) is 10.1. The summed E-state index contributed by atoms with van der Waals surface area (Å²) in [6.45, 7) is 0.667. The number of nitrogens with one attached hydrogen (secondary N) is 1. The Bertz CT molecular complexity index is 414. The van der Waals surface area contributed by atoms with Crippen LogP contribution in [0.2, 0.25) is 0 Å². The Labute approximate surface area is 109 Å². The summed E-state index contributed by atoms with van der Waals surface area (Å²) in [6.07, 6.45) is 6.20. The van der Waals surface area contributed by atoms with E-state index in [0.29, 0.717) is 12.5 Å². The zero-order valence-electron chi connectivity index (χ0n) is 10.8. The van der Waals surface area contributed by atoms with Crippen molar-refractivity contribution in [1.82, 2.24) is 5.32 Å². The quantitative estimate of drug-likeness (QED) is 0.865. The minimum absolute atomic E-state index is 0.233. The number of hydrogen-bond donors (Lipinski definition) is 1. The van der Waals surface area contributed by atoms with E-state index in [1.165, 1.54) is 31.2 Å². The van der Waals surface area contributed by atoms with Crippen molar-refractivity contribution < 1.29 is 4.79 Å². The normalized spacial score (nSPS) is 29.4. The molecule has 2 aliphatic carbocycles. The first-order valence-corrected chi connectivity index (χ1v) is 7.12. The van der Waals surface area contributed by atoms with Gasteiger partial charge in [-0.2, -0.15) is 0 Å². The molecule has 0 unspecified atom stereocenters. The van der Waals surface area contributed by atoms with E-state index in [4.69, 9.17) is 0 Å². The maximum Gasteiger partial charge on any atom is 0.220 e. The van der Waals surface area contributed by atoms with E-state index >= 15 is 0 Å². The third-order valence-electron chi connectivity index (χ3n) is 4.66. The summed E-state index contributed by atoms with van der Waals surface area (Å²) in [5.74, 6) is 2.68. The van der Waals surface area contributed by atoms with Crippen molar-refractivity contribution in [3.8, 4) is 0 Å². The van der Waals surface area contributed by atoms with Gasteiger partial charge in [-0.1, -0.05) is 36.8 Å². The van der Waals surface area contributed by atoms with Crippen LogP contribution in [0.4, 0.5) is 0 Å². The third kappa shape index (κ3) is 2.58. The van der Waals surface area contributed by atoms with Gasteiger partial charge in [0, 0.05) is 13.0 Å². The predicted molar refractivity (Wildman–Crippen MR) is 71.8 cm³/mol. The van der Waals surface area contributed by atoms with E-state index in [2.05, 4.69) is 17.4 Å². The fraction of sp³-hybridized carbons (Fsp3) is 0.562. The molecule has 2 nitrogen and oxygen atoms in total. The Morgan fingerprint density at radius 1 is 1.17 bits per heavy atom. The Kier molecular flexibility index (Phi) is 3.35. The van der Waals surface area contributed by atoms with E-state index in [-0.39, 0.29) is 5.91 Å². The molecule has 1 aromatic carbocycles. The highest BCUT2D eigenvalue weighted by Gasteiger charge is 2.39. The number of benzene rings is 1. The van der Waals surface area contributed by atoms with Crippen molar-refractivity contribution in [2.24, 2.45) is 17.8 Å². The van der Waals surface area contributed by atoms with Gasteiger partial charge >= 0.3 is 0 Å². The van der Waals surface area contributed by atoms with Gasteiger partial charge in [-0.25, -0.2) is 0 Å². The number of rotatable bonds is 4. The lowest BCUT2D eigenvalue weighted by molar-refractivity contribution is -0.122. The highest BCUT2D eigenvalue weighted by molar-refractivity contribution is 5.76. The molecule has 0 heterocycles. The molecule has 1 amide bonds. The van der Waals surface area contributed by atoms with Crippen molar-refractivity contribution in [1.29, 1.82) is 0 Å². The molecule has 2 fully saturated rings. The number of amides is 1. The van der Waals surface area contributed by atoms with Gasteiger partial charge in [0.25, 0.3) is 0 Å². The van der Waals surface area contributed by atoms with Gasteiger partial charge in [0.15, 0.2) is 0 Å². The zero-order valence-corrected chi connectivity index (χ0v) is 10.8. The van der Waals surface area contributed by atoms with Gasteiger partial charge in [0.1, 0.15) is 0 Å². The highest BCUT2D eigenvalue weighted by atomic mass is 16.1. The summed E-state index contributed by atoms with van der Waals surface area (Å²) >= 11 is 0. The molecule has 0 aromatic heterocycles. The fourth-order valence-electron chi connectivity index (χ4n) is 3.73. The summed E-state index contributed by atoms with van der Waals surface area (Å²) in [5.41, 5.74) is 1.18. The molecule has 0 saturated heterocycles. The van der Waals surface area contributed by atoms with Crippen LogP contribution in [-0.4, -0.2) is 5.91 Å². The maximum absolute atomic E-state index is 11.9. The molecule has 2 bridgehead atoms. The molecule has 2 aliphatic rings. The summed E-state index contributed by atoms with van der Waals surface area (Å²) in [4.78, 5) is 11.9. The Balaban J connectivity index is 1.45. The molecular weight excluding hydrogens is 222 g/mol. The van der Waals surface area contributed by atoms with Crippen molar-refractivity contribution >= 4 is 5.91 Å². The first-order chi connectivity index (χ1) is 8.81. The maximum atomic E-state index is 11.9. The largest absolute Gasteiger partial charge is 0.352 e. The van der Waals surface area contributed by atoms with Crippen LogP contribution < -0.4 is 5.32 Å². The van der Waals surface area contributed by atoms with Gasteiger partial charge in [0.05, 0.1) is 0 Å². The van der Waals surface area contributed by atoms with Crippen LogP contribution in [0.25, 0.3) is 0 Å². The van der Waals surface area contributed by atoms with E-state index in [9.17, 15) is 4.79 Å². The number of carbonyl (C=O) groups is 1. The summed E-state index contributed by atoms with van der Waals surface area (Å²) in [7, 11) is 0. The second-order valence-electron chi connectivity index (χ2n) is 5.90. The van der Waals surface area contributed by atoms with Crippen LogP contribution in [-0.2, 0) is 11.3 Å². The number of hydrogen-bond acceptors (Lipinski definition) is 1.